The van der Waals surface area contributed by atoms with Crippen LogP contribution in [0.3, 0.4) is 0 Å². The van der Waals surface area contributed by atoms with Crippen LogP contribution in [0, 0.1) is 11.8 Å². The number of hydrogen-bond acceptors (Lipinski definition) is 4. The van der Waals surface area contributed by atoms with Crippen molar-refractivity contribution in [1.82, 2.24) is 10.3 Å². The van der Waals surface area contributed by atoms with Crippen molar-refractivity contribution in [2.24, 2.45) is 22.7 Å². The van der Waals surface area contributed by atoms with E-state index in [2.05, 4.69) is 29.3 Å². The minimum absolute atomic E-state index is 0.0253. The molecular formula is C14H20N4O2. The fourth-order valence-electron chi connectivity index (χ4n) is 2.55. The highest BCUT2D eigenvalue weighted by Gasteiger charge is 2.31. The zero-order chi connectivity index (χ0) is 14.7. The fourth-order valence-corrected chi connectivity index (χ4v) is 2.55. The third kappa shape index (κ3) is 2.89. The largest absolute Gasteiger partial charge is 0.409 e. The highest BCUT2D eigenvalue weighted by molar-refractivity contribution is 5.98. The Morgan fingerprint density at radius 3 is 2.70 bits per heavy atom. The van der Waals surface area contributed by atoms with Gasteiger partial charge in [0.25, 0.3) is 5.91 Å². The number of nitrogens with two attached hydrogens (primary N) is 1. The van der Waals surface area contributed by atoms with E-state index in [0.29, 0.717) is 23.1 Å². The van der Waals surface area contributed by atoms with Crippen LogP contribution in [0.25, 0.3) is 0 Å². The molecular weight excluding hydrogens is 256 g/mol. The molecule has 0 spiro atoms. The van der Waals surface area contributed by atoms with Crippen LogP contribution in [0.2, 0.25) is 0 Å². The standard InChI is InChI=1S/C14H20N4O2/c1-8-3-5-11(9(8)2)17-14(19)12-6-4-10(7-16-12)13(15)18-20/h4,6-9,11,20H,3,5H2,1-2H3,(H2,15,18)(H,17,19). The Balaban J connectivity index is 2.03. The van der Waals surface area contributed by atoms with Gasteiger partial charge in [-0.05, 0) is 36.8 Å². The van der Waals surface area contributed by atoms with Gasteiger partial charge in [-0.25, -0.2) is 0 Å². The Bertz CT molecular complexity index is 512. The number of amides is 1. The second-order valence-corrected chi connectivity index (χ2v) is 5.41. The number of carbonyl (C=O) groups excluding carboxylic acids is 1. The molecule has 1 amide bonds. The second-order valence-electron chi connectivity index (χ2n) is 5.41. The number of aromatic nitrogens is 1. The van der Waals surface area contributed by atoms with Crippen molar-refractivity contribution in [2.75, 3.05) is 0 Å². The predicted molar refractivity (Wildman–Crippen MR) is 75.6 cm³/mol. The molecule has 0 aromatic carbocycles. The number of pyridine rings is 1. The number of carbonyl (C=O) groups is 1. The molecule has 3 atom stereocenters. The van der Waals surface area contributed by atoms with E-state index in [9.17, 15) is 4.79 Å². The minimum atomic E-state index is -0.179. The Kier molecular flexibility index (Phi) is 4.22. The van der Waals surface area contributed by atoms with E-state index in [0.717, 1.165) is 12.8 Å². The molecule has 6 nitrogen and oxygen atoms in total. The molecule has 1 saturated carbocycles. The van der Waals surface area contributed by atoms with E-state index >= 15 is 0 Å². The van der Waals surface area contributed by atoms with Gasteiger partial charge in [-0.3, -0.25) is 9.78 Å². The van der Waals surface area contributed by atoms with Gasteiger partial charge in [0.1, 0.15) is 5.69 Å². The van der Waals surface area contributed by atoms with Crippen LogP contribution < -0.4 is 11.1 Å². The molecule has 1 aliphatic rings. The number of nitrogens with one attached hydrogen (secondary N) is 1. The first kappa shape index (κ1) is 14.3. The summed E-state index contributed by atoms with van der Waals surface area (Å²) in [4.78, 5) is 16.2. The van der Waals surface area contributed by atoms with Crippen LogP contribution in [0.1, 0.15) is 42.7 Å². The van der Waals surface area contributed by atoms with E-state index < -0.39 is 0 Å². The first-order valence-corrected chi connectivity index (χ1v) is 6.77. The van der Waals surface area contributed by atoms with Crippen LogP contribution in [-0.4, -0.2) is 28.0 Å². The van der Waals surface area contributed by atoms with Crippen molar-refractivity contribution in [3.63, 3.8) is 0 Å². The lowest BCUT2D eigenvalue weighted by atomic mass is 9.98. The van der Waals surface area contributed by atoms with Crippen molar-refractivity contribution in [3.05, 3.63) is 29.6 Å². The van der Waals surface area contributed by atoms with Gasteiger partial charge in [0.15, 0.2) is 5.84 Å². The Morgan fingerprint density at radius 2 is 2.20 bits per heavy atom. The number of rotatable bonds is 3. The summed E-state index contributed by atoms with van der Waals surface area (Å²) in [7, 11) is 0. The normalized spacial score (nSPS) is 26.5. The first-order chi connectivity index (χ1) is 9.52. The smallest absolute Gasteiger partial charge is 0.270 e. The topological polar surface area (TPSA) is 101 Å². The van der Waals surface area contributed by atoms with E-state index in [1.165, 1.54) is 6.20 Å². The van der Waals surface area contributed by atoms with Crippen molar-refractivity contribution < 1.29 is 10.0 Å². The SMILES string of the molecule is CC1CCC(NC(=O)c2ccc(C(N)=NO)cn2)C1C. The van der Waals surface area contributed by atoms with Crippen LogP contribution in [0.15, 0.2) is 23.5 Å². The monoisotopic (exact) mass is 276 g/mol. The lowest BCUT2D eigenvalue weighted by Crippen LogP contribution is -2.37. The summed E-state index contributed by atoms with van der Waals surface area (Å²) in [6.45, 7) is 4.37. The summed E-state index contributed by atoms with van der Waals surface area (Å²) in [5.74, 6) is 0.913. The van der Waals surface area contributed by atoms with E-state index in [-0.39, 0.29) is 17.8 Å². The van der Waals surface area contributed by atoms with Crippen LogP contribution >= 0.6 is 0 Å². The number of hydrogen-bond donors (Lipinski definition) is 3. The number of oxime groups is 1. The predicted octanol–water partition coefficient (Wildman–Crippen LogP) is 1.34. The highest BCUT2D eigenvalue weighted by atomic mass is 16.4. The minimum Gasteiger partial charge on any atom is -0.409 e. The first-order valence-electron chi connectivity index (χ1n) is 6.77. The third-order valence-electron chi connectivity index (χ3n) is 4.18. The molecule has 0 bridgehead atoms. The summed E-state index contributed by atoms with van der Waals surface area (Å²) in [6, 6.07) is 3.40. The molecule has 1 fully saturated rings. The molecule has 1 aromatic rings. The summed E-state index contributed by atoms with van der Waals surface area (Å²) in [6.07, 6.45) is 3.57. The van der Waals surface area contributed by atoms with Crippen molar-refractivity contribution >= 4 is 11.7 Å². The molecule has 1 heterocycles. The Hall–Kier alpha value is -2.11. The summed E-state index contributed by atoms with van der Waals surface area (Å²) < 4.78 is 0. The van der Waals surface area contributed by atoms with Gasteiger partial charge in [-0.1, -0.05) is 19.0 Å². The quantitative estimate of drug-likeness (QED) is 0.335. The van der Waals surface area contributed by atoms with Gasteiger partial charge in [0.2, 0.25) is 0 Å². The van der Waals surface area contributed by atoms with Crippen molar-refractivity contribution in [2.45, 2.75) is 32.7 Å². The molecule has 4 N–H and O–H groups in total. The number of nitrogens with zero attached hydrogens (tertiary/aromatic N) is 2. The van der Waals surface area contributed by atoms with Gasteiger partial charge in [0, 0.05) is 17.8 Å². The van der Waals surface area contributed by atoms with Crippen LogP contribution in [0.4, 0.5) is 0 Å². The summed E-state index contributed by atoms with van der Waals surface area (Å²) in [5, 5.41) is 14.5. The molecule has 3 unspecified atom stereocenters. The van der Waals surface area contributed by atoms with Crippen molar-refractivity contribution in [1.29, 1.82) is 0 Å². The van der Waals surface area contributed by atoms with Gasteiger partial charge in [0.05, 0.1) is 0 Å². The lowest BCUT2D eigenvalue weighted by molar-refractivity contribution is 0.0922. The van der Waals surface area contributed by atoms with Crippen LogP contribution in [0.5, 0.6) is 0 Å². The fraction of sp³-hybridized carbons (Fsp3) is 0.500. The Morgan fingerprint density at radius 1 is 1.45 bits per heavy atom. The number of amidine groups is 1. The van der Waals surface area contributed by atoms with E-state index in [4.69, 9.17) is 10.9 Å². The maximum absolute atomic E-state index is 12.1. The molecule has 0 saturated heterocycles. The zero-order valence-corrected chi connectivity index (χ0v) is 11.7. The average molecular weight is 276 g/mol. The maximum Gasteiger partial charge on any atom is 0.270 e. The van der Waals surface area contributed by atoms with Gasteiger partial charge in [-0.2, -0.15) is 0 Å². The van der Waals surface area contributed by atoms with E-state index in [1.807, 2.05) is 0 Å². The molecule has 1 aliphatic carbocycles. The van der Waals surface area contributed by atoms with E-state index in [1.54, 1.807) is 12.1 Å². The molecule has 20 heavy (non-hydrogen) atoms. The highest BCUT2D eigenvalue weighted by Crippen LogP contribution is 2.31. The molecule has 2 rings (SSSR count). The zero-order valence-electron chi connectivity index (χ0n) is 11.7. The van der Waals surface area contributed by atoms with Gasteiger partial charge in [-0.15, -0.1) is 0 Å². The molecule has 108 valence electrons. The molecule has 0 aliphatic heterocycles. The molecule has 0 radical (unpaired) electrons. The van der Waals surface area contributed by atoms with Gasteiger partial charge >= 0.3 is 0 Å². The van der Waals surface area contributed by atoms with Crippen molar-refractivity contribution in [3.8, 4) is 0 Å². The molecule has 6 heteroatoms. The summed E-state index contributed by atoms with van der Waals surface area (Å²) in [5.41, 5.74) is 6.26. The van der Waals surface area contributed by atoms with Gasteiger partial charge < -0.3 is 16.3 Å². The third-order valence-corrected chi connectivity index (χ3v) is 4.18. The lowest BCUT2D eigenvalue weighted by Gasteiger charge is -2.19. The second kappa shape index (κ2) is 5.90. The van der Waals surface area contributed by atoms with Crippen LogP contribution in [-0.2, 0) is 0 Å². The Labute approximate surface area is 118 Å². The average Bonchev–Trinajstić information content (AvgIpc) is 2.78. The maximum atomic E-state index is 12.1. The molecule has 1 aromatic heterocycles. The summed E-state index contributed by atoms with van der Waals surface area (Å²) >= 11 is 0.